The Hall–Kier alpha value is -3.81. The van der Waals surface area contributed by atoms with Gasteiger partial charge in [-0.25, -0.2) is 14.5 Å². The van der Waals surface area contributed by atoms with Gasteiger partial charge in [0, 0.05) is 68.8 Å². The molecule has 1 spiro atoms. The Kier molecular flexibility index (Phi) is 20.3. The molecule has 1 saturated carbocycles. The van der Waals surface area contributed by atoms with Crippen LogP contribution in [0.1, 0.15) is 114 Å². The van der Waals surface area contributed by atoms with E-state index in [0.717, 1.165) is 7.11 Å². The fraction of sp³-hybridized carbons (Fsp3) is 0.787. The quantitative estimate of drug-likeness (QED) is 0.0388. The number of hydrogen-bond acceptors (Lipinski definition) is 24. The number of rotatable bonds is 13. The molecule has 4 aliphatic carbocycles. The molecule has 0 aromatic carbocycles. The van der Waals surface area contributed by atoms with E-state index < -0.39 is 180 Å². The van der Waals surface area contributed by atoms with Crippen LogP contribution in [0.4, 0.5) is 4.79 Å². The van der Waals surface area contributed by atoms with E-state index in [2.05, 4.69) is 11.9 Å². The van der Waals surface area contributed by atoms with Gasteiger partial charge in [0.2, 0.25) is 5.78 Å². The SMILES string of the molecule is C=C1C(OO)C[C@H](O[C@H]2C[C@](C)(N([O-])O)[C@@H](NC(=O)OC)[C@@H](C)O2)/C(C)=C/[C@@H]2C=C(CO)[C@H](C)C[C@]23OC(=O)C(=C(O)[C@@]2(C)[C@H]4[C@H](C=C[C@@H]12)[C@@H](O[C@H]1C[C@@H](O[C@@H]2C[C@@H](C)[C@H](O[C@H]5C[C@@H](O)[C@@H](OC)[C@H](C)O5)[C@H](O)O2)[C@@H](O)[C@H](C)O1)[C@@H](C)C[C@@H]4C)C3=O. The predicted molar refractivity (Wildman–Crippen MR) is 300 cm³/mol. The Morgan fingerprint density at radius 1 is 0.791 bits per heavy atom. The van der Waals surface area contributed by atoms with E-state index in [1.807, 2.05) is 32.9 Å². The van der Waals surface area contributed by atoms with Gasteiger partial charge < -0.3 is 93.4 Å². The van der Waals surface area contributed by atoms with Crippen LogP contribution in [0.3, 0.4) is 0 Å². The fourth-order valence-electron chi connectivity index (χ4n) is 15.9. The minimum Gasteiger partial charge on any atom is -0.762 e. The number of carbonyl (C=O) groups is 3. The molecule has 0 aromatic heterocycles. The van der Waals surface area contributed by atoms with Gasteiger partial charge in [0.1, 0.15) is 35.7 Å². The summed E-state index contributed by atoms with van der Waals surface area (Å²) in [6, 6.07) is -1.09. The number of hydrogen-bond donors (Lipinski definition) is 8. The standard InChI is InChI=1S/C61H91N2O23/c1-26-17-36-19-35(25-64)30(5)23-61(36)55(68)47(56(69)85-61)54(67)60(11)38(31(6)41(86-74)21-40(26)80-46-24-59(10,63(72)73)53(34(9)79-46)62-58(71)76-13)15-14-37-48(60)27(2)16-28(3)50(37)82-45-22-42(49(66)32(7)77-45)81-43-18-29(4)51(57(70)84-43)83-44-20-39(65)52(75-12)33(8)78-44/h14-15,17,19,27-30,32-34,36-46,48-53,57,64-67,70,72,74H,6,16,18,20-25H2,1-5,7-13H3,(H,62,71)/q-1/b26-17+,54-47?/t27-,28-,29+,30+,32-,33-,34+,36+,37-,38-,39+,40-,41?,42+,43-,44-,45-,46-,48+,49-,50-,51-,52-,53-,57+,59-,60+,61-/m0/s1. The smallest absolute Gasteiger partial charge is 0.407 e. The van der Waals surface area contributed by atoms with Crippen LogP contribution >= 0.6 is 0 Å². The average Bonchev–Trinajstić information content (AvgIpc) is 1.33. The summed E-state index contributed by atoms with van der Waals surface area (Å²) in [6.45, 7) is 21.8. The van der Waals surface area contributed by atoms with Gasteiger partial charge in [0.05, 0.1) is 68.0 Å². The third-order valence-electron chi connectivity index (χ3n) is 20.6. The Morgan fingerprint density at radius 3 is 2.08 bits per heavy atom. The Morgan fingerprint density at radius 2 is 1.44 bits per heavy atom. The highest BCUT2D eigenvalue weighted by Gasteiger charge is 2.64. The zero-order chi connectivity index (χ0) is 62.8. The van der Waals surface area contributed by atoms with E-state index in [0.29, 0.717) is 17.6 Å². The van der Waals surface area contributed by atoms with Gasteiger partial charge in [-0.2, -0.15) is 0 Å². The Balaban J connectivity index is 1.02. The second-order valence-electron chi connectivity index (χ2n) is 26.3. The van der Waals surface area contributed by atoms with E-state index >= 15 is 4.79 Å². The van der Waals surface area contributed by atoms with Crippen molar-refractivity contribution in [2.75, 3.05) is 20.8 Å². The number of ether oxygens (including phenoxy) is 11. The van der Waals surface area contributed by atoms with Crippen LogP contribution in [-0.4, -0.2) is 196 Å². The van der Waals surface area contributed by atoms with Gasteiger partial charge in [-0.05, 0) is 87.3 Å². The number of Topliss-reactive ketones (excluding diaryl/α,β-unsaturated/α-hetero) is 1. The number of aliphatic hydroxyl groups is 5. The maximum atomic E-state index is 15.6. The number of amides is 1. The highest BCUT2D eigenvalue weighted by atomic mass is 17.1. The predicted octanol–water partition coefficient (Wildman–Crippen LogP) is 5.16. The summed E-state index contributed by atoms with van der Waals surface area (Å²) >= 11 is 0. The lowest BCUT2D eigenvalue weighted by Gasteiger charge is -2.57. The summed E-state index contributed by atoms with van der Waals surface area (Å²) in [5.41, 5.74) is -4.56. The summed E-state index contributed by atoms with van der Waals surface area (Å²) in [5.74, 6) is -6.72. The third kappa shape index (κ3) is 12.3. The van der Waals surface area contributed by atoms with Crippen molar-refractivity contribution in [3.8, 4) is 0 Å². The van der Waals surface area contributed by atoms with Crippen LogP contribution in [-0.2, 0) is 66.6 Å². The van der Waals surface area contributed by atoms with Gasteiger partial charge in [-0.15, -0.1) is 0 Å². The van der Waals surface area contributed by atoms with Crippen LogP contribution in [0, 0.1) is 58.0 Å². The molecular formula is C61H91N2O23-. The fourth-order valence-corrected chi connectivity index (χ4v) is 15.9. The highest BCUT2D eigenvalue weighted by Crippen LogP contribution is 2.61. The first-order valence-corrected chi connectivity index (χ1v) is 30.3. The maximum absolute atomic E-state index is 15.6. The molecule has 484 valence electrons. The number of alkyl carbamates (subject to hydrolysis) is 1. The topological polar surface area (TPSA) is 342 Å². The molecule has 0 aromatic rings. The van der Waals surface area contributed by atoms with Crippen LogP contribution < -0.4 is 5.32 Å². The van der Waals surface area contributed by atoms with Crippen molar-refractivity contribution in [3.05, 3.63) is 64.1 Å². The molecule has 5 saturated heterocycles. The molecule has 6 fully saturated rings. The van der Waals surface area contributed by atoms with Crippen LogP contribution in [0.5, 0.6) is 0 Å². The van der Waals surface area contributed by atoms with Gasteiger partial charge in [-0.3, -0.25) is 15.3 Å². The Labute approximate surface area is 501 Å². The maximum Gasteiger partial charge on any atom is 0.407 e. The lowest BCUT2D eigenvalue weighted by Crippen LogP contribution is -2.67. The normalized spacial score (nSPS) is 48.1. The summed E-state index contributed by atoms with van der Waals surface area (Å²) in [6.07, 6.45) is -8.29. The first-order chi connectivity index (χ1) is 40.5. The Bertz CT molecular complexity index is 2590. The molecule has 9 aliphatic rings. The lowest BCUT2D eigenvalue weighted by molar-refractivity contribution is -0.358. The van der Waals surface area contributed by atoms with Crippen molar-refractivity contribution in [3.63, 3.8) is 0 Å². The monoisotopic (exact) mass is 1220 g/mol. The number of allylic oxidation sites excluding steroid dienone is 2. The molecule has 1 unspecified atom stereocenters. The molecule has 86 heavy (non-hydrogen) atoms. The number of nitrogens with one attached hydrogen (secondary N) is 1. The number of hydroxylamine groups is 2. The number of carbonyl (C=O) groups excluding carboxylic acids is 3. The van der Waals surface area contributed by atoms with Crippen molar-refractivity contribution in [1.82, 2.24) is 10.5 Å². The highest BCUT2D eigenvalue weighted by molar-refractivity contribution is 6.26. The molecule has 0 radical (unpaired) electrons. The zero-order valence-electron chi connectivity index (χ0n) is 51.2. The van der Waals surface area contributed by atoms with E-state index in [1.54, 1.807) is 53.7 Å². The van der Waals surface area contributed by atoms with Crippen LogP contribution in [0.2, 0.25) is 0 Å². The summed E-state index contributed by atoms with van der Waals surface area (Å²) in [7, 11) is 2.65. The molecule has 9 rings (SSSR count). The van der Waals surface area contributed by atoms with Gasteiger partial charge in [0.15, 0.2) is 37.1 Å². The minimum absolute atomic E-state index is 0.0405. The van der Waals surface area contributed by atoms with Crippen LogP contribution in [0.25, 0.3) is 0 Å². The number of nitrogens with zero attached hydrogens (tertiary/aromatic N) is 1. The summed E-state index contributed by atoms with van der Waals surface area (Å²) < 4.78 is 67.5. The number of fused-ring (bicyclic) bond motifs is 4. The molecule has 2 bridgehead atoms. The number of methoxy groups -OCH3 is 2. The number of aliphatic hydroxyl groups excluding tert-OH is 5. The number of esters is 1. The van der Waals surface area contributed by atoms with Gasteiger partial charge in [-0.1, -0.05) is 65.5 Å². The van der Waals surface area contributed by atoms with E-state index in [9.17, 15) is 50.8 Å². The molecular weight excluding hydrogens is 1130 g/mol. The zero-order valence-corrected chi connectivity index (χ0v) is 51.2. The van der Waals surface area contributed by atoms with E-state index in [4.69, 9.17) is 57.0 Å². The summed E-state index contributed by atoms with van der Waals surface area (Å²) in [5, 5.41) is 94.4. The molecule has 25 heteroatoms. The molecule has 8 N–H and O–H groups in total. The first-order valence-electron chi connectivity index (χ1n) is 30.3. The second-order valence-corrected chi connectivity index (χ2v) is 26.3. The largest absolute Gasteiger partial charge is 0.762 e. The van der Waals surface area contributed by atoms with Crippen molar-refractivity contribution in [2.45, 2.75) is 230 Å². The minimum atomic E-state index is -1.91. The number of ketones is 1. The van der Waals surface area contributed by atoms with E-state index in [-0.39, 0.29) is 73.7 Å². The molecule has 5 heterocycles. The molecule has 1 amide bonds. The molecule has 5 aliphatic heterocycles. The van der Waals surface area contributed by atoms with Crippen LogP contribution in [0.15, 0.2) is 58.9 Å². The lowest BCUT2D eigenvalue weighted by atomic mass is 9.49. The van der Waals surface area contributed by atoms with E-state index in [1.165, 1.54) is 14.0 Å². The second kappa shape index (κ2) is 26.2. The average molecular weight is 1220 g/mol. The van der Waals surface area contributed by atoms with Gasteiger partial charge >= 0.3 is 12.1 Å². The molecule has 25 nitrogen and oxygen atoms in total. The molecule has 28 atom stereocenters. The summed E-state index contributed by atoms with van der Waals surface area (Å²) in [4.78, 5) is 48.2. The van der Waals surface area contributed by atoms with Crippen molar-refractivity contribution < 1.29 is 107 Å². The van der Waals surface area contributed by atoms with Crippen molar-refractivity contribution >= 4 is 17.8 Å². The van der Waals surface area contributed by atoms with Gasteiger partial charge in [0.25, 0.3) is 0 Å². The first kappa shape index (κ1) is 66.6. The van der Waals surface area contributed by atoms with Crippen molar-refractivity contribution in [2.24, 2.45) is 52.8 Å². The van der Waals surface area contributed by atoms with Crippen molar-refractivity contribution in [1.29, 1.82) is 0 Å². The third-order valence-corrected chi connectivity index (χ3v) is 20.6.